The molecule has 0 atom stereocenters. The van der Waals surface area contributed by atoms with Crippen molar-refractivity contribution in [1.82, 2.24) is 19.7 Å². The van der Waals surface area contributed by atoms with Gasteiger partial charge in [0.25, 0.3) is 0 Å². The Hall–Kier alpha value is -3.10. The molecule has 140 valence electrons. The van der Waals surface area contributed by atoms with Gasteiger partial charge in [-0.2, -0.15) is 0 Å². The Balaban J connectivity index is 1.58. The lowest BCUT2D eigenvalue weighted by atomic mass is 10.3. The van der Waals surface area contributed by atoms with Gasteiger partial charge in [0.05, 0.1) is 12.0 Å². The first-order valence-corrected chi connectivity index (χ1v) is 9.65. The minimum atomic E-state index is -0.151. The van der Waals surface area contributed by atoms with Gasteiger partial charge in [0, 0.05) is 28.8 Å². The number of anilines is 1. The molecule has 28 heavy (non-hydrogen) atoms. The molecule has 0 aliphatic carbocycles. The number of aromatic nitrogens is 4. The number of amides is 1. The Morgan fingerprint density at radius 1 is 1.11 bits per heavy atom. The van der Waals surface area contributed by atoms with E-state index >= 15 is 0 Å². The van der Waals surface area contributed by atoms with E-state index in [9.17, 15) is 4.79 Å². The van der Waals surface area contributed by atoms with Gasteiger partial charge in [-0.05, 0) is 48.5 Å². The lowest BCUT2D eigenvalue weighted by Gasteiger charge is -2.09. The summed E-state index contributed by atoms with van der Waals surface area (Å²) in [5.74, 6) is 1.15. The average molecular weight is 412 g/mol. The maximum Gasteiger partial charge on any atom is 0.234 e. The van der Waals surface area contributed by atoms with Crippen LogP contribution in [0.1, 0.15) is 0 Å². The summed E-state index contributed by atoms with van der Waals surface area (Å²) in [6, 6.07) is 14.3. The number of hydrogen-bond acceptors (Lipinski definition) is 6. The van der Waals surface area contributed by atoms with E-state index in [4.69, 9.17) is 16.0 Å². The van der Waals surface area contributed by atoms with E-state index in [1.165, 1.54) is 11.8 Å². The molecule has 0 saturated heterocycles. The summed E-state index contributed by atoms with van der Waals surface area (Å²) in [6.07, 6.45) is 4.82. The standard InChI is InChI=1S/C19H14ClN5O2S/c20-13-3-5-15(6-4-13)25-18(16-2-1-11-27-16)23-24-19(25)28-12-17(26)22-14-7-9-21-10-8-14/h1-11H,12H2,(H,21,22,26). The van der Waals surface area contributed by atoms with Crippen molar-refractivity contribution in [2.45, 2.75) is 5.16 Å². The van der Waals surface area contributed by atoms with Crippen LogP contribution in [0.4, 0.5) is 5.69 Å². The predicted molar refractivity (Wildman–Crippen MR) is 108 cm³/mol. The van der Waals surface area contributed by atoms with E-state index in [0.29, 0.717) is 27.5 Å². The minimum Gasteiger partial charge on any atom is -0.461 e. The van der Waals surface area contributed by atoms with Crippen molar-refractivity contribution in [3.8, 4) is 17.3 Å². The fourth-order valence-electron chi connectivity index (χ4n) is 2.51. The fourth-order valence-corrected chi connectivity index (χ4v) is 3.39. The molecule has 0 radical (unpaired) electrons. The number of pyridine rings is 1. The third-order valence-corrected chi connectivity index (χ3v) is 4.94. The molecule has 4 rings (SSSR count). The summed E-state index contributed by atoms with van der Waals surface area (Å²) < 4.78 is 7.31. The van der Waals surface area contributed by atoms with Crippen molar-refractivity contribution in [3.05, 3.63) is 72.2 Å². The van der Waals surface area contributed by atoms with Crippen molar-refractivity contribution in [3.63, 3.8) is 0 Å². The molecule has 0 saturated carbocycles. The van der Waals surface area contributed by atoms with Crippen molar-refractivity contribution < 1.29 is 9.21 Å². The maximum atomic E-state index is 12.3. The fraction of sp³-hybridized carbons (Fsp3) is 0.0526. The van der Waals surface area contributed by atoms with Crippen LogP contribution < -0.4 is 5.32 Å². The summed E-state index contributed by atoms with van der Waals surface area (Å²) in [5, 5.41) is 12.5. The molecule has 3 aromatic heterocycles. The number of rotatable bonds is 6. The first kappa shape index (κ1) is 18.3. The predicted octanol–water partition coefficient (Wildman–Crippen LogP) is 4.31. The Kier molecular flexibility index (Phi) is 5.41. The van der Waals surface area contributed by atoms with Gasteiger partial charge in [-0.25, -0.2) is 0 Å². The van der Waals surface area contributed by atoms with E-state index < -0.39 is 0 Å². The largest absolute Gasteiger partial charge is 0.461 e. The Labute approximate surface area is 169 Å². The number of nitrogens with zero attached hydrogens (tertiary/aromatic N) is 4. The molecule has 0 bridgehead atoms. The van der Waals surface area contributed by atoms with Crippen LogP contribution in [0.3, 0.4) is 0 Å². The number of thioether (sulfide) groups is 1. The van der Waals surface area contributed by atoms with Gasteiger partial charge in [0.2, 0.25) is 11.7 Å². The van der Waals surface area contributed by atoms with Gasteiger partial charge in [-0.3, -0.25) is 14.3 Å². The van der Waals surface area contributed by atoms with Crippen molar-refractivity contribution in [2.75, 3.05) is 11.1 Å². The second-order valence-corrected chi connectivity index (χ2v) is 7.05. The van der Waals surface area contributed by atoms with Crippen LogP contribution in [-0.4, -0.2) is 31.4 Å². The van der Waals surface area contributed by atoms with Crippen molar-refractivity contribution in [1.29, 1.82) is 0 Å². The molecular formula is C19H14ClN5O2S. The van der Waals surface area contributed by atoms with Gasteiger partial charge >= 0.3 is 0 Å². The molecule has 4 aromatic rings. The molecule has 0 unspecified atom stereocenters. The van der Waals surface area contributed by atoms with Crippen LogP contribution in [0.2, 0.25) is 5.02 Å². The van der Waals surface area contributed by atoms with Crippen LogP contribution in [0.25, 0.3) is 17.3 Å². The first-order chi connectivity index (χ1) is 13.7. The number of furan rings is 1. The normalized spacial score (nSPS) is 10.8. The lowest BCUT2D eigenvalue weighted by molar-refractivity contribution is -0.113. The molecule has 1 aromatic carbocycles. The number of carbonyl (C=O) groups is 1. The van der Waals surface area contributed by atoms with Gasteiger partial charge in [0.15, 0.2) is 10.9 Å². The number of carbonyl (C=O) groups excluding carboxylic acids is 1. The van der Waals surface area contributed by atoms with Gasteiger partial charge in [-0.15, -0.1) is 10.2 Å². The van der Waals surface area contributed by atoms with Gasteiger partial charge in [0.1, 0.15) is 0 Å². The highest BCUT2D eigenvalue weighted by atomic mass is 35.5. The molecule has 0 aliphatic rings. The zero-order valence-corrected chi connectivity index (χ0v) is 16.0. The summed E-state index contributed by atoms with van der Waals surface area (Å²) in [4.78, 5) is 16.2. The third-order valence-electron chi connectivity index (χ3n) is 3.76. The van der Waals surface area contributed by atoms with E-state index in [2.05, 4.69) is 20.5 Å². The Morgan fingerprint density at radius 2 is 1.89 bits per heavy atom. The van der Waals surface area contributed by atoms with E-state index in [0.717, 1.165) is 5.69 Å². The summed E-state index contributed by atoms with van der Waals surface area (Å²) in [6.45, 7) is 0. The van der Waals surface area contributed by atoms with Crippen LogP contribution in [-0.2, 0) is 4.79 Å². The van der Waals surface area contributed by atoms with Crippen LogP contribution in [0.15, 0.2) is 76.8 Å². The molecule has 0 aliphatic heterocycles. The lowest BCUT2D eigenvalue weighted by Crippen LogP contribution is -2.14. The number of hydrogen-bond donors (Lipinski definition) is 1. The topological polar surface area (TPSA) is 85.8 Å². The quantitative estimate of drug-likeness (QED) is 0.476. The molecule has 0 spiro atoms. The molecule has 0 fully saturated rings. The third kappa shape index (κ3) is 4.08. The molecule has 3 heterocycles. The van der Waals surface area contributed by atoms with Crippen LogP contribution in [0.5, 0.6) is 0 Å². The highest BCUT2D eigenvalue weighted by Crippen LogP contribution is 2.28. The SMILES string of the molecule is O=C(CSc1nnc(-c2ccco2)n1-c1ccc(Cl)cc1)Nc1ccncc1. The highest BCUT2D eigenvalue weighted by Gasteiger charge is 2.19. The van der Waals surface area contributed by atoms with Crippen LogP contribution in [0, 0.1) is 0 Å². The summed E-state index contributed by atoms with van der Waals surface area (Å²) in [7, 11) is 0. The van der Waals surface area contributed by atoms with E-state index in [-0.39, 0.29) is 11.7 Å². The Bertz CT molecular complexity index is 1070. The molecule has 1 amide bonds. The summed E-state index contributed by atoms with van der Waals surface area (Å²) >= 11 is 7.29. The molecule has 9 heteroatoms. The first-order valence-electron chi connectivity index (χ1n) is 8.28. The maximum absolute atomic E-state index is 12.3. The zero-order valence-electron chi connectivity index (χ0n) is 14.4. The second-order valence-electron chi connectivity index (χ2n) is 5.67. The number of benzene rings is 1. The van der Waals surface area contributed by atoms with Crippen molar-refractivity contribution >= 4 is 35.0 Å². The second kappa shape index (κ2) is 8.28. The minimum absolute atomic E-state index is 0.151. The highest BCUT2D eigenvalue weighted by molar-refractivity contribution is 7.99. The van der Waals surface area contributed by atoms with Gasteiger partial charge in [-0.1, -0.05) is 23.4 Å². The van der Waals surface area contributed by atoms with E-state index in [1.807, 2.05) is 16.7 Å². The number of halogens is 1. The molecule has 7 nitrogen and oxygen atoms in total. The van der Waals surface area contributed by atoms with Crippen molar-refractivity contribution in [2.24, 2.45) is 0 Å². The van der Waals surface area contributed by atoms with E-state index in [1.54, 1.807) is 55.1 Å². The monoisotopic (exact) mass is 411 g/mol. The molecule has 1 N–H and O–H groups in total. The Morgan fingerprint density at radius 3 is 2.61 bits per heavy atom. The van der Waals surface area contributed by atoms with Crippen LogP contribution >= 0.6 is 23.4 Å². The smallest absolute Gasteiger partial charge is 0.234 e. The average Bonchev–Trinajstić information content (AvgIpc) is 3.37. The summed E-state index contributed by atoms with van der Waals surface area (Å²) in [5.41, 5.74) is 1.51. The van der Waals surface area contributed by atoms with Gasteiger partial charge < -0.3 is 9.73 Å². The zero-order chi connectivity index (χ0) is 19.3. The number of nitrogens with one attached hydrogen (secondary N) is 1. The molecular weight excluding hydrogens is 398 g/mol.